The van der Waals surface area contributed by atoms with E-state index in [9.17, 15) is 20.0 Å². The number of nitro groups is 1. The Labute approximate surface area is 81.3 Å². The molecule has 0 aliphatic rings. The van der Waals surface area contributed by atoms with Gasteiger partial charge in [-0.25, -0.2) is 0 Å². The lowest BCUT2D eigenvalue weighted by Crippen LogP contribution is -1.92. The quantitative estimate of drug-likeness (QED) is 0.490. The fraction of sp³-hybridized carbons (Fsp3) is 0. The first kappa shape index (κ1) is 9.66. The lowest BCUT2D eigenvalue weighted by Gasteiger charge is -2.00. The maximum absolute atomic E-state index is 10.4. The minimum Gasteiger partial charge on any atom is -0.502 e. The summed E-state index contributed by atoms with van der Waals surface area (Å²) in [5, 5.41) is 19.6. The van der Waals surface area contributed by atoms with Gasteiger partial charge in [-0.2, -0.15) is 0 Å². The van der Waals surface area contributed by atoms with Gasteiger partial charge >= 0.3 is 5.69 Å². The summed E-state index contributed by atoms with van der Waals surface area (Å²) in [4.78, 5) is 20.0. The molecule has 0 heterocycles. The van der Waals surface area contributed by atoms with Crippen molar-refractivity contribution in [3.63, 3.8) is 0 Å². The number of hydrogen-bond donors (Lipinski definition) is 1. The summed E-state index contributed by atoms with van der Waals surface area (Å²) in [5.74, 6) is -0.616. The number of nitrogens with zero attached hydrogens (tertiary/aromatic N) is 1. The number of nitro benzene ring substituents is 1. The van der Waals surface area contributed by atoms with Crippen LogP contribution in [0.2, 0.25) is 0 Å². The van der Waals surface area contributed by atoms with Crippen LogP contribution in [0.5, 0.6) is 5.75 Å². The zero-order valence-corrected chi connectivity index (χ0v) is 7.82. The predicted molar refractivity (Wildman–Crippen MR) is 47.8 cm³/mol. The van der Waals surface area contributed by atoms with Gasteiger partial charge in [0.05, 0.1) is 10.5 Å². The largest absolute Gasteiger partial charge is 0.502 e. The lowest BCUT2D eigenvalue weighted by molar-refractivity contribution is -0.385. The summed E-state index contributed by atoms with van der Waals surface area (Å²) in [5.41, 5.74) is -0.598. The molecule has 0 saturated heterocycles. The number of halogens is 1. The molecular weight excluding hydrogens is 242 g/mol. The molecule has 1 aromatic rings. The van der Waals surface area contributed by atoms with Gasteiger partial charge in [0.1, 0.15) is 0 Å². The van der Waals surface area contributed by atoms with Crippen LogP contribution in [0.15, 0.2) is 16.6 Å². The van der Waals surface area contributed by atoms with E-state index in [-0.39, 0.29) is 5.56 Å². The van der Waals surface area contributed by atoms with Crippen molar-refractivity contribution in [3.05, 3.63) is 32.3 Å². The van der Waals surface area contributed by atoms with Crippen molar-refractivity contribution in [1.29, 1.82) is 0 Å². The number of carbonyl (C=O) groups excluding carboxylic acids is 1. The van der Waals surface area contributed by atoms with Gasteiger partial charge in [-0.15, -0.1) is 0 Å². The molecule has 0 amide bonds. The van der Waals surface area contributed by atoms with Crippen molar-refractivity contribution in [1.82, 2.24) is 0 Å². The Hall–Kier alpha value is -1.43. The summed E-state index contributed by atoms with van der Waals surface area (Å²) in [6.45, 7) is 0. The molecule has 6 heteroatoms. The number of aromatic hydroxyl groups is 1. The maximum atomic E-state index is 10.4. The molecule has 68 valence electrons. The third kappa shape index (κ3) is 1.67. The Kier molecular flexibility index (Phi) is 2.62. The van der Waals surface area contributed by atoms with E-state index in [0.29, 0.717) is 10.8 Å². The Morgan fingerprint density at radius 3 is 2.62 bits per heavy atom. The smallest absolute Gasteiger partial charge is 0.311 e. The maximum Gasteiger partial charge on any atom is 0.311 e. The molecule has 0 aromatic heterocycles. The van der Waals surface area contributed by atoms with Crippen molar-refractivity contribution < 1.29 is 14.8 Å². The van der Waals surface area contributed by atoms with Crippen LogP contribution < -0.4 is 0 Å². The molecule has 5 nitrogen and oxygen atoms in total. The number of hydrogen-bond acceptors (Lipinski definition) is 4. The molecule has 0 aliphatic heterocycles. The summed E-state index contributed by atoms with van der Waals surface area (Å²) in [6.07, 6.45) is 0.354. The summed E-state index contributed by atoms with van der Waals surface area (Å²) in [6, 6.07) is 2.45. The van der Waals surface area contributed by atoms with E-state index in [1.165, 1.54) is 6.07 Å². The van der Waals surface area contributed by atoms with Gasteiger partial charge in [-0.05, 0) is 22.0 Å². The summed E-state index contributed by atoms with van der Waals surface area (Å²) in [7, 11) is 0. The molecule has 0 aliphatic carbocycles. The van der Waals surface area contributed by atoms with E-state index >= 15 is 0 Å². The minimum absolute atomic E-state index is 0.116. The van der Waals surface area contributed by atoms with Gasteiger partial charge in [0.25, 0.3) is 0 Å². The van der Waals surface area contributed by atoms with Crippen molar-refractivity contribution in [3.8, 4) is 5.75 Å². The highest BCUT2D eigenvalue weighted by molar-refractivity contribution is 9.10. The van der Waals surface area contributed by atoms with Crippen LogP contribution in [0.3, 0.4) is 0 Å². The molecule has 0 saturated carbocycles. The van der Waals surface area contributed by atoms with E-state index in [4.69, 9.17) is 0 Å². The van der Waals surface area contributed by atoms with Crippen LogP contribution in [0.1, 0.15) is 10.4 Å². The highest BCUT2D eigenvalue weighted by atomic mass is 79.9. The van der Waals surface area contributed by atoms with Crippen LogP contribution in [0.4, 0.5) is 5.69 Å². The molecule has 0 bridgehead atoms. The first-order valence-electron chi connectivity index (χ1n) is 3.19. The molecule has 0 spiro atoms. The molecule has 13 heavy (non-hydrogen) atoms. The zero-order valence-electron chi connectivity index (χ0n) is 6.23. The SMILES string of the molecule is O=Cc1c(Br)ccc([N+](=O)[O-])c1O. The second-order valence-corrected chi connectivity index (χ2v) is 3.06. The number of phenols is 1. The first-order valence-corrected chi connectivity index (χ1v) is 3.98. The third-order valence-electron chi connectivity index (χ3n) is 1.46. The third-order valence-corrected chi connectivity index (χ3v) is 2.15. The lowest BCUT2D eigenvalue weighted by atomic mass is 10.2. The fourth-order valence-electron chi connectivity index (χ4n) is 0.831. The number of rotatable bonds is 2. The van der Waals surface area contributed by atoms with E-state index < -0.39 is 16.4 Å². The molecule has 0 atom stereocenters. The topological polar surface area (TPSA) is 80.4 Å². The second-order valence-electron chi connectivity index (χ2n) is 2.20. The van der Waals surface area contributed by atoms with Gasteiger partial charge in [0, 0.05) is 10.5 Å². The number of carbonyl (C=O) groups is 1. The minimum atomic E-state index is -0.755. The second kappa shape index (κ2) is 3.53. The highest BCUT2D eigenvalue weighted by Gasteiger charge is 2.18. The zero-order chi connectivity index (χ0) is 10.0. The molecule has 0 unspecified atom stereocenters. The van der Waals surface area contributed by atoms with Crippen molar-refractivity contribution in [2.24, 2.45) is 0 Å². The Morgan fingerprint density at radius 1 is 1.54 bits per heavy atom. The van der Waals surface area contributed by atoms with Crippen molar-refractivity contribution in [2.45, 2.75) is 0 Å². The average molecular weight is 246 g/mol. The molecular formula is C7H4BrNO4. The Balaban J connectivity index is 3.44. The normalized spacial score (nSPS) is 9.62. The van der Waals surface area contributed by atoms with E-state index in [1.54, 1.807) is 0 Å². The summed E-state index contributed by atoms with van der Waals surface area (Å²) >= 11 is 2.98. The van der Waals surface area contributed by atoms with Gasteiger partial charge in [0.2, 0.25) is 5.75 Å². The molecule has 1 rings (SSSR count). The number of aldehydes is 1. The standard InChI is InChI=1S/C7H4BrNO4/c8-5-1-2-6(9(12)13)7(11)4(5)3-10/h1-3,11H. The number of benzene rings is 1. The van der Waals surface area contributed by atoms with Gasteiger partial charge in [0.15, 0.2) is 6.29 Å². The first-order chi connectivity index (χ1) is 6.07. The van der Waals surface area contributed by atoms with E-state index in [0.717, 1.165) is 6.07 Å². The van der Waals surface area contributed by atoms with Crippen LogP contribution >= 0.6 is 15.9 Å². The van der Waals surface area contributed by atoms with Crippen molar-refractivity contribution >= 4 is 27.9 Å². The van der Waals surface area contributed by atoms with Crippen molar-refractivity contribution in [2.75, 3.05) is 0 Å². The van der Waals surface area contributed by atoms with Gasteiger partial charge in [-0.3, -0.25) is 14.9 Å². The summed E-state index contributed by atoms with van der Waals surface area (Å²) < 4.78 is 0.325. The van der Waals surface area contributed by atoms with Gasteiger partial charge < -0.3 is 5.11 Å². The molecule has 0 radical (unpaired) electrons. The van der Waals surface area contributed by atoms with E-state index in [1.807, 2.05) is 0 Å². The van der Waals surface area contributed by atoms with E-state index in [2.05, 4.69) is 15.9 Å². The monoisotopic (exact) mass is 245 g/mol. The molecule has 1 aromatic carbocycles. The molecule has 0 fully saturated rings. The van der Waals surface area contributed by atoms with Crippen LogP contribution in [0.25, 0.3) is 0 Å². The predicted octanol–water partition coefficient (Wildman–Crippen LogP) is 1.88. The Morgan fingerprint density at radius 2 is 2.15 bits per heavy atom. The average Bonchev–Trinajstić information content (AvgIpc) is 2.04. The highest BCUT2D eigenvalue weighted by Crippen LogP contribution is 2.33. The molecule has 1 N–H and O–H groups in total. The van der Waals surface area contributed by atoms with Gasteiger partial charge in [-0.1, -0.05) is 0 Å². The number of phenolic OH excluding ortho intramolecular Hbond substituents is 1. The van der Waals surface area contributed by atoms with Crippen LogP contribution in [-0.2, 0) is 0 Å². The van der Waals surface area contributed by atoms with Crippen LogP contribution in [-0.4, -0.2) is 16.3 Å². The van der Waals surface area contributed by atoms with Crippen LogP contribution in [0, 0.1) is 10.1 Å². The Bertz CT molecular complexity index is 377. The fourth-order valence-corrected chi connectivity index (χ4v) is 1.24.